The molecule has 0 saturated heterocycles. The summed E-state index contributed by atoms with van der Waals surface area (Å²) < 4.78 is 5.61. The maximum Gasteiger partial charge on any atom is 0.216 e. The van der Waals surface area contributed by atoms with E-state index in [9.17, 15) is 0 Å². The van der Waals surface area contributed by atoms with E-state index in [4.69, 9.17) is 10.5 Å². The van der Waals surface area contributed by atoms with Crippen LogP contribution in [0.5, 0.6) is 5.88 Å². The highest BCUT2D eigenvalue weighted by molar-refractivity contribution is 5.16. The molecule has 4 nitrogen and oxygen atoms in total. The van der Waals surface area contributed by atoms with Crippen LogP contribution in [-0.4, -0.2) is 22.1 Å². The van der Waals surface area contributed by atoms with Crippen molar-refractivity contribution in [2.45, 2.75) is 46.1 Å². The lowest BCUT2D eigenvalue weighted by molar-refractivity contribution is 0.218. The summed E-state index contributed by atoms with van der Waals surface area (Å²) in [5.74, 6) is 1.36. The van der Waals surface area contributed by atoms with Gasteiger partial charge in [0.25, 0.3) is 0 Å². The van der Waals surface area contributed by atoms with Gasteiger partial charge in [-0.2, -0.15) is 4.98 Å². The number of nitrogens with two attached hydrogens (primary N) is 1. The first-order valence-corrected chi connectivity index (χ1v) is 5.73. The standard InChI is InChI=1S/C12H21N3O/c1-5-10-7-11(15-9(3)14-10)16-8-12(4,13)6-2/h7H,5-6,8,13H2,1-4H3. The van der Waals surface area contributed by atoms with Gasteiger partial charge in [-0.1, -0.05) is 13.8 Å². The normalized spacial score (nSPS) is 14.6. The van der Waals surface area contributed by atoms with Crippen molar-refractivity contribution in [3.05, 3.63) is 17.6 Å². The highest BCUT2D eigenvalue weighted by Gasteiger charge is 2.17. The van der Waals surface area contributed by atoms with Crippen LogP contribution in [0.2, 0.25) is 0 Å². The van der Waals surface area contributed by atoms with E-state index in [2.05, 4.69) is 16.9 Å². The molecule has 0 aliphatic rings. The van der Waals surface area contributed by atoms with Crippen molar-refractivity contribution in [3.8, 4) is 5.88 Å². The average molecular weight is 223 g/mol. The number of aryl methyl sites for hydroxylation is 2. The van der Waals surface area contributed by atoms with Crippen LogP contribution in [0.4, 0.5) is 0 Å². The summed E-state index contributed by atoms with van der Waals surface area (Å²) in [4.78, 5) is 8.52. The Balaban J connectivity index is 2.70. The summed E-state index contributed by atoms with van der Waals surface area (Å²) in [5.41, 5.74) is 6.70. The summed E-state index contributed by atoms with van der Waals surface area (Å²) in [6, 6.07) is 1.87. The van der Waals surface area contributed by atoms with E-state index in [1.807, 2.05) is 26.8 Å². The second-order valence-electron chi connectivity index (χ2n) is 4.39. The Morgan fingerprint density at radius 1 is 1.38 bits per heavy atom. The lowest BCUT2D eigenvalue weighted by atomic mass is 10.0. The first kappa shape index (κ1) is 12.9. The van der Waals surface area contributed by atoms with E-state index in [0.29, 0.717) is 12.5 Å². The summed E-state index contributed by atoms with van der Waals surface area (Å²) in [6.07, 6.45) is 1.76. The molecule has 0 radical (unpaired) electrons. The SMILES string of the molecule is CCc1cc(OCC(C)(N)CC)nc(C)n1. The monoisotopic (exact) mass is 223 g/mol. The molecule has 0 aromatic carbocycles. The van der Waals surface area contributed by atoms with Crippen LogP contribution in [0.3, 0.4) is 0 Å². The fourth-order valence-electron chi connectivity index (χ4n) is 1.20. The van der Waals surface area contributed by atoms with Gasteiger partial charge < -0.3 is 10.5 Å². The van der Waals surface area contributed by atoms with Crippen LogP contribution < -0.4 is 10.5 Å². The first-order valence-electron chi connectivity index (χ1n) is 5.73. The third-order valence-corrected chi connectivity index (χ3v) is 2.59. The van der Waals surface area contributed by atoms with Crippen molar-refractivity contribution < 1.29 is 4.74 Å². The van der Waals surface area contributed by atoms with Crippen LogP contribution >= 0.6 is 0 Å². The molecule has 2 N–H and O–H groups in total. The van der Waals surface area contributed by atoms with E-state index >= 15 is 0 Å². The van der Waals surface area contributed by atoms with E-state index < -0.39 is 0 Å². The molecular formula is C12H21N3O. The zero-order valence-electron chi connectivity index (χ0n) is 10.6. The van der Waals surface area contributed by atoms with E-state index in [0.717, 1.165) is 24.4 Å². The van der Waals surface area contributed by atoms with Crippen molar-refractivity contribution in [3.63, 3.8) is 0 Å². The number of hydrogen-bond donors (Lipinski definition) is 1. The largest absolute Gasteiger partial charge is 0.476 e. The zero-order valence-corrected chi connectivity index (χ0v) is 10.6. The second kappa shape index (κ2) is 5.25. The zero-order chi connectivity index (χ0) is 12.2. The summed E-state index contributed by atoms with van der Waals surface area (Å²) in [5, 5.41) is 0. The first-order chi connectivity index (χ1) is 7.46. The predicted octanol–water partition coefficient (Wildman–Crippen LogP) is 1.85. The summed E-state index contributed by atoms with van der Waals surface area (Å²) in [7, 11) is 0. The molecule has 1 aromatic rings. The molecule has 4 heteroatoms. The molecule has 0 amide bonds. The number of hydrogen-bond acceptors (Lipinski definition) is 4. The molecule has 0 bridgehead atoms. The minimum absolute atomic E-state index is 0.300. The molecule has 0 spiro atoms. The molecule has 0 saturated carbocycles. The fourth-order valence-corrected chi connectivity index (χ4v) is 1.20. The fraction of sp³-hybridized carbons (Fsp3) is 0.667. The predicted molar refractivity (Wildman–Crippen MR) is 64.5 cm³/mol. The van der Waals surface area contributed by atoms with Gasteiger partial charge in [0, 0.05) is 17.3 Å². The maximum absolute atomic E-state index is 6.00. The highest BCUT2D eigenvalue weighted by atomic mass is 16.5. The minimum Gasteiger partial charge on any atom is -0.476 e. The van der Waals surface area contributed by atoms with Crippen LogP contribution in [0.1, 0.15) is 38.7 Å². The van der Waals surface area contributed by atoms with Crippen molar-refractivity contribution in [2.75, 3.05) is 6.61 Å². The van der Waals surface area contributed by atoms with Crippen LogP contribution in [0.25, 0.3) is 0 Å². The molecule has 0 aliphatic heterocycles. The van der Waals surface area contributed by atoms with E-state index in [1.165, 1.54) is 0 Å². The van der Waals surface area contributed by atoms with Crippen molar-refractivity contribution in [1.82, 2.24) is 9.97 Å². The molecule has 1 heterocycles. The van der Waals surface area contributed by atoms with Crippen LogP contribution in [0.15, 0.2) is 6.07 Å². The molecule has 0 fully saturated rings. The Hall–Kier alpha value is -1.16. The van der Waals surface area contributed by atoms with Gasteiger partial charge in [-0.05, 0) is 26.7 Å². The molecule has 1 aromatic heterocycles. The van der Waals surface area contributed by atoms with Crippen molar-refractivity contribution in [1.29, 1.82) is 0 Å². The maximum atomic E-state index is 6.00. The van der Waals surface area contributed by atoms with E-state index in [1.54, 1.807) is 0 Å². The van der Waals surface area contributed by atoms with Crippen LogP contribution in [-0.2, 0) is 6.42 Å². The van der Waals surface area contributed by atoms with Gasteiger partial charge in [0.2, 0.25) is 5.88 Å². The summed E-state index contributed by atoms with van der Waals surface area (Å²) >= 11 is 0. The van der Waals surface area contributed by atoms with Gasteiger partial charge in [-0.25, -0.2) is 4.98 Å². The van der Waals surface area contributed by atoms with E-state index in [-0.39, 0.29) is 5.54 Å². The molecule has 1 unspecified atom stereocenters. The lowest BCUT2D eigenvalue weighted by Gasteiger charge is -2.22. The summed E-state index contributed by atoms with van der Waals surface area (Å²) in [6.45, 7) is 8.43. The molecule has 1 rings (SSSR count). The average Bonchev–Trinajstić information content (AvgIpc) is 2.26. The second-order valence-corrected chi connectivity index (χ2v) is 4.39. The van der Waals surface area contributed by atoms with Gasteiger partial charge >= 0.3 is 0 Å². The van der Waals surface area contributed by atoms with Crippen molar-refractivity contribution >= 4 is 0 Å². The molecular weight excluding hydrogens is 202 g/mol. The highest BCUT2D eigenvalue weighted by Crippen LogP contribution is 2.13. The van der Waals surface area contributed by atoms with Gasteiger partial charge in [-0.3, -0.25) is 0 Å². The Labute approximate surface area is 97.2 Å². The number of aromatic nitrogens is 2. The third-order valence-electron chi connectivity index (χ3n) is 2.59. The molecule has 16 heavy (non-hydrogen) atoms. The third kappa shape index (κ3) is 3.77. The Kier molecular flexibility index (Phi) is 4.24. The Morgan fingerprint density at radius 3 is 2.62 bits per heavy atom. The molecule has 0 aliphatic carbocycles. The van der Waals surface area contributed by atoms with Gasteiger partial charge in [0.05, 0.1) is 0 Å². The Morgan fingerprint density at radius 2 is 2.06 bits per heavy atom. The van der Waals surface area contributed by atoms with Gasteiger partial charge in [-0.15, -0.1) is 0 Å². The number of ether oxygens (including phenoxy) is 1. The quantitative estimate of drug-likeness (QED) is 0.827. The number of nitrogens with zero attached hydrogens (tertiary/aromatic N) is 2. The van der Waals surface area contributed by atoms with Crippen LogP contribution in [0, 0.1) is 6.92 Å². The molecule has 1 atom stereocenters. The van der Waals surface area contributed by atoms with Crippen molar-refractivity contribution in [2.24, 2.45) is 5.73 Å². The van der Waals surface area contributed by atoms with Gasteiger partial charge in [0.15, 0.2) is 0 Å². The smallest absolute Gasteiger partial charge is 0.216 e. The molecule has 90 valence electrons. The lowest BCUT2D eigenvalue weighted by Crippen LogP contribution is -2.41. The topological polar surface area (TPSA) is 61.0 Å². The number of rotatable bonds is 5. The minimum atomic E-state index is -0.300. The Bertz CT molecular complexity index is 350. The van der Waals surface area contributed by atoms with Gasteiger partial charge in [0.1, 0.15) is 12.4 Å².